The van der Waals surface area contributed by atoms with E-state index in [0.717, 1.165) is 5.56 Å². The lowest BCUT2D eigenvalue weighted by molar-refractivity contribution is -0.384. The fraction of sp³-hybridized carbons (Fsp3) is 0. The Hall–Kier alpha value is -2.31. The van der Waals surface area contributed by atoms with E-state index < -0.39 is 4.92 Å². The van der Waals surface area contributed by atoms with E-state index >= 15 is 0 Å². The third-order valence-electron chi connectivity index (χ3n) is 2.28. The third-order valence-corrected chi connectivity index (χ3v) is 2.59. The molecule has 0 radical (unpaired) electrons. The van der Waals surface area contributed by atoms with Gasteiger partial charge < -0.3 is 0 Å². The van der Waals surface area contributed by atoms with E-state index in [1.54, 1.807) is 6.07 Å². The van der Waals surface area contributed by atoms with Gasteiger partial charge in [0, 0.05) is 23.3 Å². The minimum Gasteiger partial charge on any atom is -0.258 e. The van der Waals surface area contributed by atoms with Crippen LogP contribution < -0.4 is 0 Å². The van der Waals surface area contributed by atoms with E-state index in [9.17, 15) is 10.1 Å². The maximum Gasteiger partial charge on any atom is 0.271 e. The summed E-state index contributed by atoms with van der Waals surface area (Å²) in [5.41, 5.74) is 1.41. The normalized spacial score (nSPS) is 9.39. The molecule has 0 amide bonds. The van der Waals surface area contributed by atoms with Crippen molar-refractivity contribution in [3.05, 3.63) is 74.8 Å². The van der Waals surface area contributed by atoms with Crippen LogP contribution in [0.15, 0.2) is 48.5 Å². The summed E-state index contributed by atoms with van der Waals surface area (Å²) in [6.45, 7) is 0. The molecular weight excluding hydrogens is 250 g/mol. The number of benzene rings is 2. The van der Waals surface area contributed by atoms with E-state index in [4.69, 9.17) is 11.6 Å². The van der Waals surface area contributed by atoms with Crippen molar-refractivity contribution < 1.29 is 4.92 Å². The van der Waals surface area contributed by atoms with Gasteiger partial charge in [-0.15, -0.1) is 0 Å². The number of nitro benzene ring substituents is 1. The zero-order valence-electron chi connectivity index (χ0n) is 9.26. The highest BCUT2D eigenvalue weighted by Crippen LogP contribution is 2.21. The highest BCUT2D eigenvalue weighted by atomic mass is 35.5. The number of nitro groups is 1. The molecule has 0 fully saturated rings. The second-order valence-corrected chi connectivity index (χ2v) is 3.94. The van der Waals surface area contributed by atoms with Crippen LogP contribution in [-0.2, 0) is 0 Å². The van der Waals surface area contributed by atoms with Crippen LogP contribution in [0.4, 0.5) is 5.69 Å². The molecule has 0 saturated carbocycles. The lowest BCUT2D eigenvalue weighted by Gasteiger charge is -1.95. The number of rotatable bonds is 1. The monoisotopic (exact) mass is 257 g/mol. The molecule has 0 spiro atoms. The topological polar surface area (TPSA) is 43.1 Å². The van der Waals surface area contributed by atoms with Gasteiger partial charge in [0.25, 0.3) is 5.69 Å². The van der Waals surface area contributed by atoms with Gasteiger partial charge in [-0.3, -0.25) is 10.1 Å². The summed E-state index contributed by atoms with van der Waals surface area (Å²) in [4.78, 5) is 10.1. The van der Waals surface area contributed by atoms with Crippen molar-refractivity contribution in [3.8, 4) is 11.8 Å². The van der Waals surface area contributed by atoms with E-state index in [-0.39, 0.29) is 10.7 Å². The minimum absolute atomic E-state index is 0.0368. The predicted molar refractivity (Wildman–Crippen MR) is 70.5 cm³/mol. The van der Waals surface area contributed by atoms with Crippen molar-refractivity contribution in [2.24, 2.45) is 0 Å². The van der Waals surface area contributed by atoms with Crippen LogP contribution in [-0.4, -0.2) is 4.92 Å². The fourth-order valence-corrected chi connectivity index (χ4v) is 1.60. The van der Waals surface area contributed by atoms with Gasteiger partial charge in [0.1, 0.15) is 0 Å². The van der Waals surface area contributed by atoms with Crippen molar-refractivity contribution in [3.63, 3.8) is 0 Å². The molecule has 2 rings (SSSR count). The van der Waals surface area contributed by atoms with E-state index in [0.29, 0.717) is 5.56 Å². The number of hydrogen-bond donors (Lipinski definition) is 0. The highest BCUT2D eigenvalue weighted by molar-refractivity contribution is 6.32. The van der Waals surface area contributed by atoms with Crippen molar-refractivity contribution in [1.82, 2.24) is 0 Å². The van der Waals surface area contributed by atoms with Gasteiger partial charge in [0.05, 0.1) is 9.95 Å². The Bertz CT molecular complexity index is 642. The van der Waals surface area contributed by atoms with Crippen molar-refractivity contribution in [2.45, 2.75) is 0 Å². The van der Waals surface area contributed by atoms with E-state index in [1.807, 2.05) is 30.3 Å². The second kappa shape index (κ2) is 5.35. The Balaban J connectivity index is 2.31. The van der Waals surface area contributed by atoms with Crippen LogP contribution in [0.3, 0.4) is 0 Å². The summed E-state index contributed by atoms with van der Waals surface area (Å²) < 4.78 is 0. The molecule has 0 aliphatic carbocycles. The van der Waals surface area contributed by atoms with Crippen LogP contribution in [0.2, 0.25) is 5.02 Å². The molecule has 0 aromatic heterocycles. The predicted octanol–water partition coefficient (Wildman–Crippen LogP) is 3.65. The van der Waals surface area contributed by atoms with Crippen molar-refractivity contribution in [1.29, 1.82) is 0 Å². The Morgan fingerprint density at radius 3 is 2.39 bits per heavy atom. The summed E-state index contributed by atoms with van der Waals surface area (Å²) in [7, 11) is 0. The van der Waals surface area contributed by atoms with Crippen LogP contribution in [0, 0.1) is 22.0 Å². The Labute approximate surface area is 109 Å². The van der Waals surface area contributed by atoms with Crippen LogP contribution in [0.5, 0.6) is 0 Å². The molecule has 0 N–H and O–H groups in total. The molecule has 2 aromatic carbocycles. The maximum atomic E-state index is 10.6. The number of nitrogens with zero attached hydrogens (tertiary/aromatic N) is 1. The van der Waals surface area contributed by atoms with Gasteiger partial charge in [-0.05, 0) is 18.2 Å². The zero-order valence-corrected chi connectivity index (χ0v) is 10.0. The molecule has 0 saturated heterocycles. The smallest absolute Gasteiger partial charge is 0.258 e. The summed E-state index contributed by atoms with van der Waals surface area (Å²) in [5, 5.41) is 10.8. The fourth-order valence-electron chi connectivity index (χ4n) is 1.38. The Morgan fingerprint density at radius 2 is 1.78 bits per heavy atom. The first-order valence-electron chi connectivity index (χ1n) is 5.18. The third kappa shape index (κ3) is 2.88. The summed E-state index contributed by atoms with van der Waals surface area (Å²) in [6.07, 6.45) is 0. The molecule has 18 heavy (non-hydrogen) atoms. The van der Waals surface area contributed by atoms with Crippen molar-refractivity contribution >= 4 is 17.3 Å². The van der Waals surface area contributed by atoms with Gasteiger partial charge in [-0.25, -0.2) is 0 Å². The highest BCUT2D eigenvalue weighted by Gasteiger charge is 2.07. The number of non-ortho nitro benzene ring substituents is 1. The maximum absolute atomic E-state index is 10.6. The van der Waals surface area contributed by atoms with Gasteiger partial charge >= 0.3 is 0 Å². The standard InChI is InChI=1S/C14H8ClNO2/c15-14-10-13(16(17)18)9-8-12(14)7-6-11-4-2-1-3-5-11/h1-5,8-10H. The zero-order chi connectivity index (χ0) is 13.0. The van der Waals surface area contributed by atoms with Gasteiger partial charge in [0.15, 0.2) is 0 Å². The molecule has 0 atom stereocenters. The molecule has 88 valence electrons. The minimum atomic E-state index is -0.486. The summed E-state index contributed by atoms with van der Waals surface area (Å²) in [5.74, 6) is 5.84. The molecule has 3 nitrogen and oxygen atoms in total. The summed E-state index contributed by atoms with van der Waals surface area (Å²) in [6, 6.07) is 13.7. The molecule has 2 aromatic rings. The first-order chi connectivity index (χ1) is 8.66. The number of hydrogen-bond acceptors (Lipinski definition) is 2. The molecule has 4 heteroatoms. The van der Waals surface area contributed by atoms with E-state index in [1.165, 1.54) is 12.1 Å². The quantitative estimate of drug-likeness (QED) is 0.445. The van der Waals surface area contributed by atoms with Crippen LogP contribution >= 0.6 is 11.6 Å². The van der Waals surface area contributed by atoms with E-state index in [2.05, 4.69) is 11.8 Å². The average Bonchev–Trinajstić information content (AvgIpc) is 2.38. The van der Waals surface area contributed by atoms with Crippen LogP contribution in [0.1, 0.15) is 11.1 Å². The average molecular weight is 258 g/mol. The Kier molecular flexibility index (Phi) is 3.61. The SMILES string of the molecule is O=[N+]([O-])c1ccc(C#Cc2ccccc2)c(Cl)c1. The van der Waals surface area contributed by atoms with Crippen molar-refractivity contribution in [2.75, 3.05) is 0 Å². The first-order valence-corrected chi connectivity index (χ1v) is 5.55. The molecular formula is C14H8ClNO2. The molecule has 0 aliphatic rings. The Morgan fingerprint density at radius 1 is 1.06 bits per heavy atom. The number of halogens is 1. The largest absolute Gasteiger partial charge is 0.271 e. The molecule has 0 unspecified atom stereocenters. The first kappa shape index (κ1) is 12.2. The molecule has 0 bridgehead atoms. The van der Waals surface area contributed by atoms with Crippen LogP contribution in [0.25, 0.3) is 0 Å². The van der Waals surface area contributed by atoms with Gasteiger partial charge in [-0.2, -0.15) is 0 Å². The lowest BCUT2D eigenvalue weighted by atomic mass is 10.1. The molecule has 0 aliphatic heterocycles. The second-order valence-electron chi connectivity index (χ2n) is 3.54. The summed E-state index contributed by atoms with van der Waals surface area (Å²) >= 11 is 5.93. The van der Waals surface area contributed by atoms with Gasteiger partial charge in [0.2, 0.25) is 0 Å². The lowest BCUT2D eigenvalue weighted by Crippen LogP contribution is -1.88. The molecule has 0 heterocycles. The van der Waals surface area contributed by atoms with Gasteiger partial charge in [-0.1, -0.05) is 41.6 Å².